The van der Waals surface area contributed by atoms with Gasteiger partial charge in [0.2, 0.25) is 0 Å². The smallest absolute Gasteiger partial charge is 0.337 e. The summed E-state index contributed by atoms with van der Waals surface area (Å²) in [6, 6.07) is 0. The molecule has 0 unspecified atom stereocenters. The van der Waals surface area contributed by atoms with E-state index in [4.69, 9.17) is 4.84 Å². The minimum absolute atomic E-state index is 0.0882. The maximum absolute atomic E-state index is 11.3. The molecule has 0 radical (unpaired) electrons. The maximum atomic E-state index is 11.3. The molecule has 110 valence electrons. The lowest BCUT2D eigenvalue weighted by molar-refractivity contribution is -0.132. The molecule has 0 bridgehead atoms. The molecule has 20 heavy (non-hydrogen) atoms. The number of carboxylic acid groups (broad SMARTS) is 1. The molecule has 3 N–H and O–H groups in total. The summed E-state index contributed by atoms with van der Waals surface area (Å²) in [5.41, 5.74) is 2.65. The van der Waals surface area contributed by atoms with Gasteiger partial charge in [0, 0.05) is 0 Å². The van der Waals surface area contributed by atoms with E-state index in [2.05, 4.69) is 10.8 Å². The fourth-order valence-corrected chi connectivity index (χ4v) is 2.10. The topological polar surface area (TPSA) is 87.7 Å². The van der Waals surface area contributed by atoms with Crippen LogP contribution < -0.4 is 10.8 Å². The van der Waals surface area contributed by atoms with Crippen LogP contribution >= 0.6 is 11.8 Å². The highest BCUT2D eigenvalue weighted by atomic mass is 32.2. The zero-order valence-corrected chi connectivity index (χ0v) is 12.7. The third-order valence-electron chi connectivity index (χ3n) is 2.12. The highest BCUT2D eigenvalue weighted by Gasteiger charge is 2.27. The summed E-state index contributed by atoms with van der Waals surface area (Å²) in [4.78, 5) is 27.4. The van der Waals surface area contributed by atoms with Crippen molar-refractivity contribution in [3.63, 3.8) is 0 Å². The summed E-state index contributed by atoms with van der Waals surface area (Å²) in [7, 11) is 0. The molecule has 0 aromatic rings. The third-order valence-corrected chi connectivity index (χ3v) is 3.00. The molecule has 1 rings (SSSR count). The van der Waals surface area contributed by atoms with Gasteiger partial charge in [-0.15, -0.1) is 0 Å². The predicted octanol–water partition coefficient (Wildman–Crippen LogP) is 1.91. The fourth-order valence-electron chi connectivity index (χ4n) is 1.36. The van der Waals surface area contributed by atoms with E-state index < -0.39 is 11.6 Å². The largest absolute Gasteiger partial charge is 0.478 e. The van der Waals surface area contributed by atoms with Crippen LogP contribution in [0.4, 0.5) is 0 Å². The standard InChI is InChI=1S/C13H18N2O4S/c1-5-6-8(12(17)18)10-11(15-19-13(2,3)4)20-9(7-16)14-10/h6,14-15H,5H2,1-4H3,(H,17,18)/b8-6-. The summed E-state index contributed by atoms with van der Waals surface area (Å²) in [6.45, 7) is 7.39. The Bertz CT molecular complexity index is 511. The molecule has 0 aromatic carbocycles. The Hall–Kier alpha value is -1.69. The molecule has 0 spiro atoms. The van der Waals surface area contributed by atoms with Crippen molar-refractivity contribution in [3.8, 4) is 0 Å². The van der Waals surface area contributed by atoms with Crippen molar-refractivity contribution in [1.82, 2.24) is 10.8 Å². The van der Waals surface area contributed by atoms with Gasteiger partial charge in [0.1, 0.15) is 5.03 Å². The van der Waals surface area contributed by atoms with Crippen molar-refractivity contribution in [2.45, 2.75) is 39.7 Å². The van der Waals surface area contributed by atoms with Gasteiger partial charge in [0.05, 0.1) is 16.9 Å². The molecule has 1 heterocycles. The quantitative estimate of drug-likeness (QED) is 0.406. The van der Waals surface area contributed by atoms with Gasteiger partial charge in [-0.05, 0) is 39.0 Å². The second-order valence-electron chi connectivity index (χ2n) is 5.01. The number of allylic oxidation sites excluding steroid dienone is 1. The summed E-state index contributed by atoms with van der Waals surface area (Å²) in [5, 5.41) is 12.6. The molecule has 0 amide bonds. The first-order valence-corrected chi connectivity index (χ1v) is 6.92. The van der Waals surface area contributed by atoms with Crippen molar-refractivity contribution in [3.05, 3.63) is 27.4 Å². The van der Waals surface area contributed by atoms with Gasteiger partial charge in [-0.3, -0.25) is 10.3 Å². The number of carbonyl (C=O) groups excluding carboxylic acids is 1. The van der Waals surface area contributed by atoms with Gasteiger partial charge in [0.25, 0.3) is 0 Å². The van der Waals surface area contributed by atoms with Gasteiger partial charge >= 0.3 is 5.97 Å². The van der Waals surface area contributed by atoms with E-state index in [-0.39, 0.29) is 10.6 Å². The van der Waals surface area contributed by atoms with Crippen LogP contribution in [0.1, 0.15) is 34.1 Å². The lowest BCUT2D eigenvalue weighted by atomic mass is 10.1. The Labute approximate surface area is 121 Å². The highest BCUT2D eigenvalue weighted by Crippen LogP contribution is 2.33. The highest BCUT2D eigenvalue weighted by molar-refractivity contribution is 8.07. The van der Waals surface area contributed by atoms with Gasteiger partial charge < -0.3 is 10.4 Å². The van der Waals surface area contributed by atoms with Gasteiger partial charge in [-0.1, -0.05) is 13.0 Å². The summed E-state index contributed by atoms with van der Waals surface area (Å²) in [6.07, 6.45) is 2.13. The van der Waals surface area contributed by atoms with E-state index in [0.717, 1.165) is 11.8 Å². The first-order valence-electron chi connectivity index (χ1n) is 6.10. The fraction of sp³-hybridized carbons (Fsp3) is 0.462. The molecular formula is C13H18N2O4S. The summed E-state index contributed by atoms with van der Waals surface area (Å²) >= 11 is 1.05. The lowest BCUT2D eigenvalue weighted by Crippen LogP contribution is -2.28. The molecule has 1 aliphatic rings. The second-order valence-corrected chi connectivity index (χ2v) is 6.03. The first kappa shape index (κ1) is 16.4. The zero-order valence-electron chi connectivity index (χ0n) is 11.9. The van der Waals surface area contributed by atoms with Crippen LogP contribution in [0.3, 0.4) is 0 Å². The number of carbonyl (C=O) groups is 1. The molecule has 0 saturated carbocycles. The van der Waals surface area contributed by atoms with E-state index in [1.165, 1.54) is 0 Å². The number of rotatable bonds is 5. The first-order chi connectivity index (χ1) is 9.28. The van der Waals surface area contributed by atoms with E-state index in [9.17, 15) is 14.7 Å². The van der Waals surface area contributed by atoms with E-state index in [1.807, 2.05) is 27.7 Å². The van der Waals surface area contributed by atoms with Crippen LogP contribution in [0, 0.1) is 0 Å². The van der Waals surface area contributed by atoms with Crippen molar-refractivity contribution in [1.29, 1.82) is 0 Å². The minimum Gasteiger partial charge on any atom is -0.478 e. The normalized spacial score (nSPS) is 16.0. The third kappa shape index (κ3) is 4.45. The van der Waals surface area contributed by atoms with Crippen molar-refractivity contribution < 1.29 is 19.5 Å². The molecular weight excluding hydrogens is 280 g/mol. The zero-order chi connectivity index (χ0) is 15.3. The molecule has 7 heteroatoms. The monoisotopic (exact) mass is 298 g/mol. The summed E-state index contributed by atoms with van der Waals surface area (Å²) in [5.74, 6) is 0.646. The van der Waals surface area contributed by atoms with Crippen molar-refractivity contribution >= 4 is 23.7 Å². The van der Waals surface area contributed by atoms with Crippen LogP contribution in [-0.4, -0.2) is 22.6 Å². The number of nitrogens with one attached hydrogen (secondary N) is 2. The molecule has 0 aromatic heterocycles. The SMILES string of the molecule is CC/C=C(\C(=O)O)C1=C(NOC(C)(C)C)SC(=C=O)N1. The Morgan fingerprint density at radius 3 is 2.65 bits per heavy atom. The Kier molecular flexibility index (Phi) is 5.44. The van der Waals surface area contributed by atoms with Gasteiger partial charge in [-0.25, -0.2) is 9.59 Å². The average molecular weight is 298 g/mol. The van der Waals surface area contributed by atoms with Crippen LogP contribution in [-0.2, 0) is 14.4 Å². The van der Waals surface area contributed by atoms with Crippen LogP contribution in [0.15, 0.2) is 27.4 Å². The lowest BCUT2D eigenvalue weighted by Gasteiger charge is -2.20. The maximum Gasteiger partial charge on any atom is 0.337 e. The van der Waals surface area contributed by atoms with Crippen LogP contribution in [0.2, 0.25) is 0 Å². The molecule has 0 atom stereocenters. The molecule has 0 fully saturated rings. The molecule has 6 nitrogen and oxygen atoms in total. The van der Waals surface area contributed by atoms with Crippen molar-refractivity contribution in [2.24, 2.45) is 0 Å². The second kappa shape index (κ2) is 6.65. The number of hydroxylamine groups is 1. The van der Waals surface area contributed by atoms with Gasteiger partial charge in [-0.2, -0.15) is 0 Å². The van der Waals surface area contributed by atoms with Crippen LogP contribution in [0.25, 0.3) is 0 Å². The Balaban J connectivity index is 3.09. The van der Waals surface area contributed by atoms with E-state index in [1.54, 1.807) is 12.0 Å². The number of hydrogen-bond donors (Lipinski definition) is 3. The van der Waals surface area contributed by atoms with E-state index >= 15 is 0 Å². The summed E-state index contributed by atoms with van der Waals surface area (Å²) < 4.78 is 0. The number of aliphatic carboxylic acids is 1. The Morgan fingerprint density at radius 2 is 2.20 bits per heavy atom. The Morgan fingerprint density at radius 1 is 1.55 bits per heavy atom. The van der Waals surface area contributed by atoms with Gasteiger partial charge in [0.15, 0.2) is 11.0 Å². The molecule has 1 aliphatic heterocycles. The van der Waals surface area contributed by atoms with E-state index in [0.29, 0.717) is 17.1 Å². The number of carboxylic acids is 1. The molecule has 0 aliphatic carbocycles. The average Bonchev–Trinajstić information content (AvgIpc) is 2.75. The number of thioether (sulfide) groups is 1. The number of hydrogen-bond acceptors (Lipinski definition) is 6. The van der Waals surface area contributed by atoms with Crippen molar-refractivity contribution in [2.75, 3.05) is 0 Å². The van der Waals surface area contributed by atoms with Crippen LogP contribution in [0.5, 0.6) is 0 Å². The minimum atomic E-state index is -1.07. The predicted molar refractivity (Wildman–Crippen MR) is 76.9 cm³/mol. The molecule has 0 saturated heterocycles.